The Labute approximate surface area is 92.4 Å². The molecule has 0 amide bonds. The van der Waals surface area contributed by atoms with Crippen LogP contribution >= 0.6 is 0 Å². The molecule has 0 radical (unpaired) electrons. The fourth-order valence-electron chi connectivity index (χ4n) is 1.54. The predicted octanol–water partition coefficient (Wildman–Crippen LogP) is 2.61. The monoisotopic (exact) mass is 233 g/mol. The van der Waals surface area contributed by atoms with E-state index in [0.29, 0.717) is 6.54 Å². The van der Waals surface area contributed by atoms with Crippen molar-refractivity contribution in [3.05, 3.63) is 35.4 Å². The second kappa shape index (κ2) is 5.32. The molecular formula is C11H14F3NO. The summed E-state index contributed by atoms with van der Waals surface area (Å²) in [4.78, 5) is 0. The number of benzene rings is 1. The molecule has 1 aromatic carbocycles. The molecule has 90 valence electrons. The van der Waals surface area contributed by atoms with E-state index in [1.165, 1.54) is 19.2 Å². The van der Waals surface area contributed by atoms with Gasteiger partial charge in [-0.2, -0.15) is 13.2 Å². The summed E-state index contributed by atoms with van der Waals surface area (Å²) in [6.45, 7) is 0.337. The highest BCUT2D eigenvalue weighted by Gasteiger charge is 2.34. The smallest absolute Gasteiger partial charge is 0.375 e. The maximum atomic E-state index is 12.7. The molecule has 0 bridgehead atoms. The molecule has 1 unspecified atom stereocenters. The van der Waals surface area contributed by atoms with Gasteiger partial charge in [0.25, 0.3) is 0 Å². The minimum Gasteiger partial charge on any atom is -0.375 e. The summed E-state index contributed by atoms with van der Waals surface area (Å²) in [5, 5.41) is 2.80. The van der Waals surface area contributed by atoms with Gasteiger partial charge in [-0.25, -0.2) is 0 Å². The lowest BCUT2D eigenvalue weighted by Gasteiger charge is -2.20. The first-order valence-corrected chi connectivity index (χ1v) is 4.84. The van der Waals surface area contributed by atoms with E-state index in [-0.39, 0.29) is 5.56 Å². The Hall–Kier alpha value is -1.07. The number of rotatable bonds is 4. The normalized spacial score (nSPS) is 13.8. The average Bonchev–Trinajstić information content (AvgIpc) is 2.25. The average molecular weight is 233 g/mol. The predicted molar refractivity (Wildman–Crippen MR) is 55.1 cm³/mol. The topological polar surface area (TPSA) is 21.3 Å². The third-order valence-corrected chi connectivity index (χ3v) is 2.29. The molecule has 1 aromatic rings. The van der Waals surface area contributed by atoms with Crippen molar-refractivity contribution in [3.63, 3.8) is 0 Å². The first-order valence-electron chi connectivity index (χ1n) is 4.84. The Morgan fingerprint density at radius 1 is 1.31 bits per heavy atom. The first-order chi connectivity index (χ1) is 7.50. The number of alkyl halides is 3. The van der Waals surface area contributed by atoms with Gasteiger partial charge in [0.15, 0.2) is 0 Å². The SMILES string of the molecule is CNCC(OC)c1ccccc1C(F)(F)F. The van der Waals surface area contributed by atoms with Crippen LogP contribution in [-0.4, -0.2) is 20.7 Å². The number of hydrogen-bond donors (Lipinski definition) is 1. The zero-order chi connectivity index (χ0) is 12.2. The van der Waals surface area contributed by atoms with E-state index < -0.39 is 17.8 Å². The lowest BCUT2D eigenvalue weighted by atomic mass is 10.0. The third-order valence-electron chi connectivity index (χ3n) is 2.29. The molecule has 16 heavy (non-hydrogen) atoms. The summed E-state index contributed by atoms with van der Waals surface area (Å²) in [7, 11) is 3.07. The molecule has 1 rings (SSSR count). The van der Waals surface area contributed by atoms with Gasteiger partial charge in [0.05, 0.1) is 11.7 Å². The number of methoxy groups -OCH3 is 1. The molecule has 2 nitrogen and oxygen atoms in total. The molecule has 0 spiro atoms. The molecule has 5 heteroatoms. The number of likely N-dealkylation sites (N-methyl/N-ethyl adjacent to an activating group) is 1. The maximum absolute atomic E-state index is 12.7. The number of hydrogen-bond acceptors (Lipinski definition) is 2. The molecule has 1 atom stereocenters. The highest BCUT2D eigenvalue weighted by Crippen LogP contribution is 2.35. The number of halogens is 3. The zero-order valence-electron chi connectivity index (χ0n) is 9.14. The van der Waals surface area contributed by atoms with Crippen molar-refractivity contribution >= 4 is 0 Å². The van der Waals surface area contributed by atoms with Crippen molar-refractivity contribution in [1.82, 2.24) is 5.32 Å². The van der Waals surface area contributed by atoms with E-state index in [0.717, 1.165) is 6.07 Å². The van der Waals surface area contributed by atoms with Gasteiger partial charge >= 0.3 is 6.18 Å². The summed E-state index contributed by atoms with van der Waals surface area (Å²) in [5.74, 6) is 0. The Morgan fingerprint density at radius 2 is 1.94 bits per heavy atom. The fraction of sp³-hybridized carbons (Fsp3) is 0.455. The van der Waals surface area contributed by atoms with Crippen LogP contribution in [0.1, 0.15) is 17.2 Å². The quantitative estimate of drug-likeness (QED) is 0.863. The second-order valence-corrected chi connectivity index (χ2v) is 3.37. The van der Waals surface area contributed by atoms with E-state index in [1.807, 2.05) is 0 Å². The maximum Gasteiger partial charge on any atom is 0.416 e. The van der Waals surface area contributed by atoms with Crippen molar-refractivity contribution in [1.29, 1.82) is 0 Å². The highest BCUT2D eigenvalue weighted by molar-refractivity contribution is 5.31. The van der Waals surface area contributed by atoms with E-state index >= 15 is 0 Å². The van der Waals surface area contributed by atoms with E-state index in [9.17, 15) is 13.2 Å². The first kappa shape index (κ1) is 13.0. The standard InChI is InChI=1S/C11H14F3NO/c1-15-7-10(16-2)8-5-3-4-6-9(8)11(12,13)14/h3-6,10,15H,7H2,1-2H3. The highest BCUT2D eigenvalue weighted by atomic mass is 19.4. The van der Waals surface area contributed by atoms with Gasteiger partial charge in [-0.3, -0.25) is 0 Å². The van der Waals surface area contributed by atoms with Crippen LogP contribution in [0.2, 0.25) is 0 Å². The largest absolute Gasteiger partial charge is 0.416 e. The van der Waals surface area contributed by atoms with Gasteiger partial charge < -0.3 is 10.1 Å². The van der Waals surface area contributed by atoms with Gasteiger partial charge in [0, 0.05) is 13.7 Å². The Bertz CT molecular complexity index is 338. The molecular weight excluding hydrogens is 219 g/mol. The Morgan fingerprint density at radius 3 is 2.44 bits per heavy atom. The van der Waals surface area contributed by atoms with Gasteiger partial charge in [-0.15, -0.1) is 0 Å². The lowest BCUT2D eigenvalue weighted by Crippen LogP contribution is -2.21. The van der Waals surface area contributed by atoms with Gasteiger partial charge in [0.2, 0.25) is 0 Å². The van der Waals surface area contributed by atoms with Crippen molar-refractivity contribution in [2.24, 2.45) is 0 Å². The molecule has 0 heterocycles. The molecule has 1 N–H and O–H groups in total. The Balaban J connectivity index is 3.11. The van der Waals surface area contributed by atoms with E-state index in [2.05, 4.69) is 5.32 Å². The fourth-order valence-corrected chi connectivity index (χ4v) is 1.54. The van der Waals surface area contributed by atoms with Gasteiger partial charge in [0.1, 0.15) is 0 Å². The van der Waals surface area contributed by atoms with Crippen LogP contribution in [-0.2, 0) is 10.9 Å². The minimum absolute atomic E-state index is 0.159. The van der Waals surface area contributed by atoms with Crippen molar-refractivity contribution in [3.8, 4) is 0 Å². The molecule has 0 aliphatic carbocycles. The van der Waals surface area contributed by atoms with E-state index in [1.54, 1.807) is 13.1 Å². The van der Waals surface area contributed by atoms with Crippen LogP contribution in [0, 0.1) is 0 Å². The molecule has 0 aliphatic heterocycles. The van der Waals surface area contributed by atoms with Crippen LogP contribution in [0.25, 0.3) is 0 Å². The summed E-state index contributed by atoms with van der Waals surface area (Å²) in [6, 6.07) is 5.45. The number of nitrogens with one attached hydrogen (secondary N) is 1. The van der Waals surface area contributed by atoms with Gasteiger partial charge in [-0.1, -0.05) is 18.2 Å². The summed E-state index contributed by atoms with van der Waals surface area (Å²) in [6.07, 6.45) is -4.94. The molecule has 0 fully saturated rings. The Kier molecular flexibility index (Phi) is 4.32. The van der Waals surface area contributed by atoms with Gasteiger partial charge in [-0.05, 0) is 18.7 Å². The summed E-state index contributed by atoms with van der Waals surface area (Å²) < 4.78 is 43.2. The van der Waals surface area contributed by atoms with Crippen molar-refractivity contribution in [2.45, 2.75) is 12.3 Å². The molecule has 0 saturated heterocycles. The molecule has 0 saturated carbocycles. The second-order valence-electron chi connectivity index (χ2n) is 3.37. The van der Waals surface area contributed by atoms with Crippen LogP contribution in [0.5, 0.6) is 0 Å². The minimum atomic E-state index is -4.35. The van der Waals surface area contributed by atoms with Crippen molar-refractivity contribution < 1.29 is 17.9 Å². The summed E-state index contributed by atoms with van der Waals surface area (Å²) in [5.41, 5.74) is -0.482. The van der Waals surface area contributed by atoms with Crippen LogP contribution in [0.3, 0.4) is 0 Å². The third kappa shape index (κ3) is 2.96. The zero-order valence-corrected chi connectivity index (χ0v) is 9.14. The van der Waals surface area contributed by atoms with Crippen LogP contribution in [0.4, 0.5) is 13.2 Å². The summed E-state index contributed by atoms with van der Waals surface area (Å²) >= 11 is 0. The molecule has 0 aliphatic rings. The van der Waals surface area contributed by atoms with Crippen molar-refractivity contribution in [2.75, 3.05) is 20.7 Å². The van der Waals surface area contributed by atoms with Crippen LogP contribution < -0.4 is 5.32 Å². The van der Waals surface area contributed by atoms with E-state index in [4.69, 9.17) is 4.74 Å². The van der Waals surface area contributed by atoms with Crippen LogP contribution in [0.15, 0.2) is 24.3 Å². The molecule has 0 aromatic heterocycles. The lowest BCUT2D eigenvalue weighted by molar-refractivity contribution is -0.139. The number of ether oxygens (including phenoxy) is 1.